The summed E-state index contributed by atoms with van der Waals surface area (Å²) in [5.74, 6) is -0.339. The third-order valence-corrected chi connectivity index (χ3v) is 6.33. The lowest BCUT2D eigenvalue weighted by molar-refractivity contribution is 0.0697. The van der Waals surface area contributed by atoms with E-state index in [2.05, 4.69) is 5.32 Å². The molecule has 7 heteroatoms. The Kier molecular flexibility index (Phi) is 5.72. The molecule has 0 unspecified atom stereocenters. The van der Waals surface area contributed by atoms with Crippen LogP contribution in [0.4, 0.5) is 4.39 Å². The van der Waals surface area contributed by atoms with Crippen LogP contribution in [0.3, 0.4) is 0 Å². The predicted molar refractivity (Wildman–Crippen MR) is 116 cm³/mol. The molecule has 156 valence electrons. The molecule has 30 heavy (non-hydrogen) atoms. The van der Waals surface area contributed by atoms with Gasteiger partial charge in [0.15, 0.2) is 0 Å². The van der Waals surface area contributed by atoms with Crippen molar-refractivity contribution in [3.05, 3.63) is 75.5 Å². The molecule has 1 aliphatic heterocycles. The standard InChI is InChI=1S/C23H24FN3O2S/c1-15-13-21(16(2)27(15)20-5-3-18(24)4-6-20)23(29)26-10-7-19(8-11-26)25-22(28)17-9-12-30-14-17/h3-6,9,12-14,19H,7-8,10-11H2,1-2H3,(H,25,28). The van der Waals surface area contributed by atoms with Crippen LogP contribution in [-0.4, -0.2) is 40.4 Å². The van der Waals surface area contributed by atoms with Crippen molar-refractivity contribution in [2.24, 2.45) is 0 Å². The molecular weight excluding hydrogens is 401 g/mol. The third kappa shape index (κ3) is 4.03. The number of piperidine rings is 1. The fraction of sp³-hybridized carbons (Fsp3) is 0.304. The van der Waals surface area contributed by atoms with Gasteiger partial charge in [0.1, 0.15) is 5.82 Å². The number of carbonyl (C=O) groups is 2. The second kappa shape index (κ2) is 8.44. The number of amides is 2. The molecule has 0 aliphatic carbocycles. The number of carbonyl (C=O) groups excluding carboxylic acids is 2. The van der Waals surface area contributed by atoms with Crippen LogP contribution in [0.1, 0.15) is 44.9 Å². The lowest BCUT2D eigenvalue weighted by atomic mass is 10.0. The fourth-order valence-corrected chi connectivity index (χ4v) is 4.66. The van der Waals surface area contributed by atoms with Crippen LogP contribution < -0.4 is 5.32 Å². The van der Waals surface area contributed by atoms with Crippen LogP contribution in [0, 0.1) is 19.7 Å². The van der Waals surface area contributed by atoms with Gasteiger partial charge in [0.2, 0.25) is 0 Å². The largest absolute Gasteiger partial charge is 0.349 e. The molecule has 1 aliphatic rings. The summed E-state index contributed by atoms with van der Waals surface area (Å²) in [6.07, 6.45) is 1.47. The molecule has 1 fully saturated rings. The average Bonchev–Trinajstić information content (AvgIpc) is 3.37. The minimum absolute atomic E-state index is 0.000859. The Morgan fingerprint density at radius 2 is 1.80 bits per heavy atom. The molecule has 0 bridgehead atoms. The molecule has 2 amide bonds. The summed E-state index contributed by atoms with van der Waals surface area (Å²) < 4.78 is 15.2. The van der Waals surface area contributed by atoms with E-state index < -0.39 is 0 Å². The lowest BCUT2D eigenvalue weighted by Gasteiger charge is -2.32. The number of thiophene rings is 1. The van der Waals surface area contributed by atoms with E-state index >= 15 is 0 Å². The van der Waals surface area contributed by atoms with E-state index in [1.165, 1.54) is 23.5 Å². The maximum absolute atomic E-state index is 13.3. The van der Waals surface area contributed by atoms with Gasteiger partial charge in [0, 0.05) is 47.2 Å². The Morgan fingerprint density at radius 3 is 2.43 bits per heavy atom. The van der Waals surface area contributed by atoms with Crippen LogP contribution in [0.5, 0.6) is 0 Å². The van der Waals surface area contributed by atoms with E-state index in [0.29, 0.717) is 24.2 Å². The van der Waals surface area contributed by atoms with E-state index in [9.17, 15) is 14.0 Å². The Morgan fingerprint density at radius 1 is 1.10 bits per heavy atom. The van der Waals surface area contributed by atoms with Gasteiger partial charge in [0.05, 0.1) is 5.56 Å². The van der Waals surface area contributed by atoms with Crippen molar-refractivity contribution >= 4 is 23.2 Å². The molecule has 0 radical (unpaired) electrons. The summed E-state index contributed by atoms with van der Waals surface area (Å²) in [5.41, 5.74) is 3.96. The zero-order chi connectivity index (χ0) is 21.3. The smallest absolute Gasteiger partial charge is 0.255 e. The number of hydrogen-bond acceptors (Lipinski definition) is 3. The summed E-state index contributed by atoms with van der Waals surface area (Å²) in [7, 11) is 0. The molecule has 2 aromatic heterocycles. The second-order valence-corrected chi connectivity index (χ2v) is 8.43. The van der Waals surface area contributed by atoms with Crippen molar-refractivity contribution in [2.45, 2.75) is 32.7 Å². The molecule has 5 nitrogen and oxygen atoms in total. The number of benzene rings is 1. The summed E-state index contributed by atoms with van der Waals surface area (Å²) in [6.45, 7) is 5.07. The molecule has 1 N–H and O–H groups in total. The highest BCUT2D eigenvalue weighted by Gasteiger charge is 2.27. The van der Waals surface area contributed by atoms with E-state index in [1.807, 2.05) is 46.2 Å². The first kappa shape index (κ1) is 20.3. The number of nitrogens with one attached hydrogen (secondary N) is 1. The first-order valence-corrected chi connectivity index (χ1v) is 11.0. The topological polar surface area (TPSA) is 54.3 Å². The normalized spacial score (nSPS) is 14.7. The van der Waals surface area contributed by atoms with Crippen LogP contribution >= 0.6 is 11.3 Å². The van der Waals surface area contributed by atoms with Crippen LogP contribution in [-0.2, 0) is 0 Å². The monoisotopic (exact) mass is 425 g/mol. The number of likely N-dealkylation sites (tertiary alicyclic amines) is 1. The number of halogens is 1. The Balaban J connectivity index is 1.43. The van der Waals surface area contributed by atoms with Gasteiger partial charge in [-0.05, 0) is 68.5 Å². The first-order chi connectivity index (χ1) is 14.4. The van der Waals surface area contributed by atoms with Gasteiger partial charge in [-0.25, -0.2) is 4.39 Å². The van der Waals surface area contributed by atoms with Crippen molar-refractivity contribution < 1.29 is 14.0 Å². The average molecular weight is 426 g/mol. The van der Waals surface area contributed by atoms with E-state index in [0.717, 1.165) is 29.9 Å². The molecule has 3 heterocycles. The van der Waals surface area contributed by atoms with Gasteiger partial charge in [-0.1, -0.05) is 0 Å². The summed E-state index contributed by atoms with van der Waals surface area (Å²) >= 11 is 1.50. The zero-order valence-electron chi connectivity index (χ0n) is 17.0. The van der Waals surface area contributed by atoms with Crippen molar-refractivity contribution in [1.29, 1.82) is 0 Å². The maximum Gasteiger partial charge on any atom is 0.255 e. The molecule has 1 saturated heterocycles. The summed E-state index contributed by atoms with van der Waals surface area (Å²) in [4.78, 5) is 27.2. The minimum atomic E-state index is -0.286. The highest BCUT2D eigenvalue weighted by molar-refractivity contribution is 7.08. The van der Waals surface area contributed by atoms with Crippen molar-refractivity contribution in [3.63, 3.8) is 0 Å². The lowest BCUT2D eigenvalue weighted by Crippen LogP contribution is -2.46. The number of aromatic nitrogens is 1. The van der Waals surface area contributed by atoms with E-state index in [1.54, 1.807) is 12.1 Å². The third-order valence-electron chi connectivity index (χ3n) is 5.65. The molecule has 0 atom stereocenters. The van der Waals surface area contributed by atoms with Crippen LogP contribution in [0.25, 0.3) is 5.69 Å². The van der Waals surface area contributed by atoms with Gasteiger partial charge in [0.25, 0.3) is 11.8 Å². The highest BCUT2D eigenvalue weighted by Crippen LogP contribution is 2.24. The molecule has 0 saturated carbocycles. The molecular formula is C23H24FN3O2S. The summed E-state index contributed by atoms with van der Waals surface area (Å²) in [5, 5.41) is 6.79. The van der Waals surface area contributed by atoms with Gasteiger partial charge in [-0.3, -0.25) is 9.59 Å². The first-order valence-electron chi connectivity index (χ1n) is 10.0. The van der Waals surface area contributed by atoms with Gasteiger partial charge < -0.3 is 14.8 Å². The zero-order valence-corrected chi connectivity index (χ0v) is 17.8. The maximum atomic E-state index is 13.3. The van der Waals surface area contributed by atoms with Crippen LogP contribution in [0.2, 0.25) is 0 Å². The second-order valence-electron chi connectivity index (χ2n) is 7.65. The Hall–Kier alpha value is -2.93. The fourth-order valence-electron chi connectivity index (χ4n) is 4.03. The molecule has 3 aromatic rings. The van der Waals surface area contributed by atoms with Gasteiger partial charge >= 0.3 is 0 Å². The Labute approximate surface area is 179 Å². The quantitative estimate of drug-likeness (QED) is 0.677. The van der Waals surface area contributed by atoms with Crippen molar-refractivity contribution in [3.8, 4) is 5.69 Å². The number of hydrogen-bond donors (Lipinski definition) is 1. The Bertz CT molecular complexity index is 1050. The minimum Gasteiger partial charge on any atom is -0.349 e. The van der Waals surface area contributed by atoms with Gasteiger partial charge in [-0.2, -0.15) is 11.3 Å². The van der Waals surface area contributed by atoms with Crippen molar-refractivity contribution in [2.75, 3.05) is 13.1 Å². The highest BCUT2D eigenvalue weighted by atomic mass is 32.1. The van der Waals surface area contributed by atoms with Gasteiger partial charge in [-0.15, -0.1) is 0 Å². The van der Waals surface area contributed by atoms with E-state index in [4.69, 9.17) is 0 Å². The van der Waals surface area contributed by atoms with E-state index in [-0.39, 0.29) is 23.7 Å². The molecule has 4 rings (SSSR count). The SMILES string of the molecule is Cc1cc(C(=O)N2CCC(NC(=O)c3ccsc3)CC2)c(C)n1-c1ccc(F)cc1. The molecule has 1 aromatic carbocycles. The van der Waals surface area contributed by atoms with Crippen LogP contribution in [0.15, 0.2) is 47.2 Å². The number of rotatable bonds is 4. The molecule has 0 spiro atoms. The number of nitrogens with zero attached hydrogens (tertiary/aromatic N) is 2. The van der Waals surface area contributed by atoms with Crippen molar-refractivity contribution in [1.82, 2.24) is 14.8 Å². The number of aryl methyl sites for hydroxylation is 1. The summed E-state index contributed by atoms with van der Waals surface area (Å²) in [6, 6.07) is 10.1. The predicted octanol–water partition coefficient (Wildman–Crippen LogP) is 4.33.